The molecule has 0 aliphatic heterocycles. The smallest absolute Gasteiger partial charge is 0.00187 e. The minimum Gasteiger partial charge on any atom is -0.303 e. The van der Waals surface area contributed by atoms with Crippen molar-refractivity contribution in [3.8, 4) is 0 Å². The third kappa shape index (κ3) is 28.1. The normalized spacial score (nSPS) is 12.0. The maximum absolute atomic E-state index is 2.83. The molecule has 0 aromatic carbocycles. The SMILES string of the molecule is CCCCCCCCCCN(CCCCCCCCC(C)C)CCCCCCCCC(C)C. The molecule has 0 spiro atoms. The first-order valence-corrected chi connectivity index (χ1v) is 15.8. The highest BCUT2D eigenvalue weighted by atomic mass is 15.1. The van der Waals surface area contributed by atoms with Crippen LogP contribution in [-0.4, -0.2) is 24.5 Å². The van der Waals surface area contributed by atoms with Crippen LogP contribution in [0.15, 0.2) is 0 Å². The van der Waals surface area contributed by atoms with Crippen LogP contribution in [0.5, 0.6) is 0 Å². The van der Waals surface area contributed by atoms with Crippen LogP contribution in [0.25, 0.3) is 0 Å². The van der Waals surface area contributed by atoms with Gasteiger partial charge in [-0.3, -0.25) is 0 Å². The predicted octanol–water partition coefficient (Wildman–Crippen LogP) is 11.2. The summed E-state index contributed by atoms with van der Waals surface area (Å²) < 4.78 is 0. The van der Waals surface area contributed by atoms with E-state index in [2.05, 4.69) is 39.5 Å². The molecule has 0 heterocycles. The fourth-order valence-electron chi connectivity index (χ4n) is 4.99. The maximum atomic E-state index is 2.83. The topological polar surface area (TPSA) is 3.24 Å². The van der Waals surface area contributed by atoms with Gasteiger partial charge >= 0.3 is 0 Å². The zero-order chi connectivity index (χ0) is 24.4. The molecule has 0 aromatic rings. The quantitative estimate of drug-likeness (QED) is 0.109. The van der Waals surface area contributed by atoms with Gasteiger partial charge in [-0.2, -0.15) is 0 Å². The van der Waals surface area contributed by atoms with Gasteiger partial charge in [-0.25, -0.2) is 0 Å². The fourth-order valence-corrected chi connectivity index (χ4v) is 4.99. The van der Waals surface area contributed by atoms with E-state index in [9.17, 15) is 0 Å². The molecule has 0 fully saturated rings. The molecule has 0 atom stereocenters. The summed E-state index contributed by atoms with van der Waals surface area (Å²) in [6.07, 6.45) is 31.8. The molecule has 0 unspecified atom stereocenters. The molecule has 33 heavy (non-hydrogen) atoms. The summed E-state index contributed by atoms with van der Waals surface area (Å²) in [5, 5.41) is 0. The van der Waals surface area contributed by atoms with E-state index in [1.807, 2.05) is 0 Å². The molecule has 0 bridgehead atoms. The fraction of sp³-hybridized carbons (Fsp3) is 1.00. The van der Waals surface area contributed by atoms with E-state index < -0.39 is 0 Å². The molecule has 0 aliphatic carbocycles. The molecular formula is C32H67N. The largest absolute Gasteiger partial charge is 0.303 e. The summed E-state index contributed by atoms with van der Waals surface area (Å²) in [7, 11) is 0. The van der Waals surface area contributed by atoms with E-state index in [1.165, 1.54) is 161 Å². The highest BCUT2D eigenvalue weighted by Gasteiger charge is 2.05. The average Bonchev–Trinajstić information content (AvgIpc) is 2.78. The summed E-state index contributed by atoms with van der Waals surface area (Å²) in [6, 6.07) is 0. The number of rotatable bonds is 27. The van der Waals surface area contributed by atoms with Crippen molar-refractivity contribution < 1.29 is 0 Å². The van der Waals surface area contributed by atoms with Gasteiger partial charge in [0.25, 0.3) is 0 Å². The summed E-state index contributed by atoms with van der Waals surface area (Å²) in [6.45, 7) is 15.8. The Morgan fingerprint density at radius 1 is 0.364 bits per heavy atom. The third-order valence-electron chi connectivity index (χ3n) is 7.34. The lowest BCUT2D eigenvalue weighted by Gasteiger charge is -2.22. The Morgan fingerprint density at radius 3 is 0.939 bits per heavy atom. The van der Waals surface area contributed by atoms with Crippen molar-refractivity contribution in [1.29, 1.82) is 0 Å². The van der Waals surface area contributed by atoms with Crippen molar-refractivity contribution in [2.24, 2.45) is 11.8 Å². The number of nitrogens with zero attached hydrogens (tertiary/aromatic N) is 1. The van der Waals surface area contributed by atoms with Crippen molar-refractivity contribution in [1.82, 2.24) is 4.90 Å². The summed E-state index contributed by atoms with van der Waals surface area (Å²) in [5.74, 6) is 1.77. The van der Waals surface area contributed by atoms with Gasteiger partial charge in [-0.15, -0.1) is 0 Å². The van der Waals surface area contributed by atoms with Crippen LogP contribution in [-0.2, 0) is 0 Å². The first-order chi connectivity index (χ1) is 16.1. The molecule has 1 heteroatoms. The molecule has 0 rings (SSSR count). The van der Waals surface area contributed by atoms with Crippen molar-refractivity contribution in [3.05, 3.63) is 0 Å². The molecule has 0 radical (unpaired) electrons. The standard InChI is InChI=1S/C32H67N/c1-6-7-8-9-10-13-18-23-28-33(29-24-19-14-11-16-21-26-31(2)3)30-25-20-15-12-17-22-27-32(4)5/h31-32H,6-30H2,1-5H3. The zero-order valence-electron chi connectivity index (χ0n) is 24.3. The Bertz CT molecular complexity index is 324. The minimum absolute atomic E-state index is 0.884. The van der Waals surface area contributed by atoms with Crippen LogP contribution in [0, 0.1) is 11.8 Å². The molecule has 0 aromatic heterocycles. The number of unbranched alkanes of at least 4 members (excludes halogenated alkanes) is 17. The monoisotopic (exact) mass is 466 g/mol. The third-order valence-corrected chi connectivity index (χ3v) is 7.34. The molecule has 200 valence electrons. The van der Waals surface area contributed by atoms with Crippen molar-refractivity contribution in [3.63, 3.8) is 0 Å². The van der Waals surface area contributed by atoms with E-state index in [0.717, 1.165) is 11.8 Å². The van der Waals surface area contributed by atoms with Gasteiger partial charge in [-0.05, 0) is 50.7 Å². The predicted molar refractivity (Wildman–Crippen MR) is 153 cm³/mol. The Kier molecular flexibility index (Phi) is 26.5. The minimum atomic E-state index is 0.884. The zero-order valence-corrected chi connectivity index (χ0v) is 24.3. The van der Waals surface area contributed by atoms with Crippen LogP contribution in [0.1, 0.15) is 176 Å². The average molecular weight is 466 g/mol. The second-order valence-electron chi connectivity index (χ2n) is 11.9. The van der Waals surface area contributed by atoms with Gasteiger partial charge < -0.3 is 4.90 Å². The lowest BCUT2D eigenvalue weighted by atomic mass is 10.0. The molecule has 1 nitrogen and oxygen atoms in total. The van der Waals surface area contributed by atoms with Crippen molar-refractivity contribution in [2.75, 3.05) is 19.6 Å². The van der Waals surface area contributed by atoms with Crippen molar-refractivity contribution in [2.45, 2.75) is 176 Å². The van der Waals surface area contributed by atoms with E-state index >= 15 is 0 Å². The van der Waals surface area contributed by atoms with Gasteiger partial charge in [0.1, 0.15) is 0 Å². The van der Waals surface area contributed by atoms with Crippen LogP contribution >= 0.6 is 0 Å². The Labute approximate surface area is 212 Å². The van der Waals surface area contributed by atoms with Crippen LogP contribution in [0.4, 0.5) is 0 Å². The van der Waals surface area contributed by atoms with Gasteiger partial charge in [0.15, 0.2) is 0 Å². The van der Waals surface area contributed by atoms with Crippen LogP contribution in [0.3, 0.4) is 0 Å². The molecular weight excluding hydrogens is 398 g/mol. The van der Waals surface area contributed by atoms with E-state index in [-0.39, 0.29) is 0 Å². The molecule has 0 saturated carbocycles. The second-order valence-corrected chi connectivity index (χ2v) is 11.9. The molecule has 0 aliphatic rings. The van der Waals surface area contributed by atoms with Gasteiger partial charge in [0, 0.05) is 0 Å². The first-order valence-electron chi connectivity index (χ1n) is 15.8. The lowest BCUT2D eigenvalue weighted by molar-refractivity contribution is 0.254. The van der Waals surface area contributed by atoms with E-state index in [1.54, 1.807) is 0 Å². The van der Waals surface area contributed by atoms with Crippen molar-refractivity contribution >= 4 is 0 Å². The summed E-state index contributed by atoms with van der Waals surface area (Å²) >= 11 is 0. The Hall–Kier alpha value is -0.0400. The maximum Gasteiger partial charge on any atom is -0.00187 e. The van der Waals surface area contributed by atoms with Gasteiger partial charge in [0.2, 0.25) is 0 Å². The molecule has 0 N–H and O–H groups in total. The second kappa shape index (κ2) is 26.6. The highest BCUT2D eigenvalue weighted by molar-refractivity contribution is 4.61. The van der Waals surface area contributed by atoms with E-state index in [4.69, 9.17) is 0 Å². The van der Waals surface area contributed by atoms with Gasteiger partial charge in [-0.1, -0.05) is 157 Å². The first kappa shape index (κ1) is 33.0. The summed E-state index contributed by atoms with van der Waals surface area (Å²) in [4.78, 5) is 2.83. The Balaban J connectivity index is 3.88. The van der Waals surface area contributed by atoms with Crippen LogP contribution in [0.2, 0.25) is 0 Å². The lowest BCUT2D eigenvalue weighted by Crippen LogP contribution is -2.27. The molecule has 0 amide bonds. The van der Waals surface area contributed by atoms with E-state index in [0.29, 0.717) is 0 Å². The Morgan fingerprint density at radius 2 is 0.636 bits per heavy atom. The molecule has 0 saturated heterocycles. The number of hydrogen-bond donors (Lipinski definition) is 0. The van der Waals surface area contributed by atoms with Gasteiger partial charge in [0.05, 0.1) is 0 Å². The van der Waals surface area contributed by atoms with Crippen LogP contribution < -0.4 is 0 Å². The summed E-state index contributed by atoms with van der Waals surface area (Å²) in [5.41, 5.74) is 0. The number of hydrogen-bond acceptors (Lipinski definition) is 1. The highest BCUT2D eigenvalue weighted by Crippen LogP contribution is 2.14.